The van der Waals surface area contributed by atoms with Crippen LogP contribution in [0, 0.1) is 5.92 Å². The molecule has 0 saturated carbocycles. The van der Waals surface area contributed by atoms with Crippen LogP contribution in [0.3, 0.4) is 0 Å². The molecule has 7 heteroatoms. The van der Waals surface area contributed by atoms with Gasteiger partial charge in [0, 0.05) is 31.7 Å². The first-order chi connectivity index (χ1) is 15.5. The zero-order chi connectivity index (χ0) is 22.9. The van der Waals surface area contributed by atoms with Crippen LogP contribution in [0.15, 0.2) is 29.2 Å². The maximum absolute atomic E-state index is 12.6. The Kier molecular flexibility index (Phi) is 9.60. The molecule has 2 saturated heterocycles. The lowest BCUT2D eigenvalue weighted by Gasteiger charge is -2.33. The SMILES string of the molecule is CCCCCCC1CCN(c2ccc(/C=C3\SC(=S)N(CCCC(=O)O)C3=O)cc2)CC1. The van der Waals surface area contributed by atoms with Gasteiger partial charge in [0.1, 0.15) is 4.32 Å². The molecule has 2 aliphatic rings. The fourth-order valence-electron chi connectivity index (χ4n) is 4.35. The standard InChI is InChI=1S/C25H34N2O3S2/c1-2-3-4-5-7-19-13-16-26(17-14-19)21-11-9-20(10-12-21)18-22-24(30)27(25(31)32-22)15-6-8-23(28)29/h9-12,18-19H,2-8,13-17H2,1H3,(H,28,29)/b22-18-. The van der Waals surface area contributed by atoms with Crippen LogP contribution in [0.4, 0.5) is 5.69 Å². The van der Waals surface area contributed by atoms with Gasteiger partial charge in [0.05, 0.1) is 4.91 Å². The first-order valence-electron chi connectivity index (χ1n) is 11.8. The summed E-state index contributed by atoms with van der Waals surface area (Å²) >= 11 is 6.61. The molecule has 0 aliphatic carbocycles. The number of benzene rings is 1. The lowest BCUT2D eigenvalue weighted by molar-refractivity contribution is -0.137. The normalized spacial score (nSPS) is 18.7. The summed E-state index contributed by atoms with van der Waals surface area (Å²) in [5.74, 6) is -0.113. The van der Waals surface area contributed by atoms with E-state index in [0.29, 0.717) is 22.2 Å². The monoisotopic (exact) mass is 474 g/mol. The molecule has 1 aromatic carbocycles. The Labute approximate surface area is 201 Å². The Morgan fingerprint density at radius 1 is 1.16 bits per heavy atom. The molecule has 5 nitrogen and oxygen atoms in total. The van der Waals surface area contributed by atoms with E-state index in [4.69, 9.17) is 17.3 Å². The van der Waals surface area contributed by atoms with Gasteiger partial charge in [0.25, 0.3) is 5.91 Å². The first-order valence-corrected chi connectivity index (χ1v) is 13.0. The van der Waals surface area contributed by atoms with E-state index in [1.807, 2.05) is 6.08 Å². The summed E-state index contributed by atoms with van der Waals surface area (Å²) in [7, 11) is 0. The zero-order valence-electron chi connectivity index (χ0n) is 18.9. The minimum atomic E-state index is -0.859. The number of nitrogens with zero attached hydrogens (tertiary/aromatic N) is 2. The number of rotatable bonds is 11. The molecule has 0 radical (unpaired) electrons. The highest BCUT2D eigenvalue weighted by Gasteiger charge is 2.31. The lowest BCUT2D eigenvalue weighted by Crippen LogP contribution is -2.33. The third-order valence-electron chi connectivity index (χ3n) is 6.28. The smallest absolute Gasteiger partial charge is 0.303 e. The number of carboxylic acid groups (broad SMARTS) is 1. The average molecular weight is 475 g/mol. The van der Waals surface area contributed by atoms with E-state index in [1.165, 1.54) is 67.3 Å². The Morgan fingerprint density at radius 3 is 2.53 bits per heavy atom. The van der Waals surface area contributed by atoms with Crippen molar-refractivity contribution in [1.82, 2.24) is 4.90 Å². The molecule has 0 atom stereocenters. The fourth-order valence-corrected chi connectivity index (χ4v) is 5.66. The highest BCUT2D eigenvalue weighted by atomic mass is 32.2. The van der Waals surface area contributed by atoms with E-state index < -0.39 is 5.97 Å². The minimum absolute atomic E-state index is 0.0354. The predicted molar refractivity (Wildman–Crippen MR) is 137 cm³/mol. The van der Waals surface area contributed by atoms with E-state index in [1.54, 1.807) is 0 Å². The summed E-state index contributed by atoms with van der Waals surface area (Å²) in [4.78, 5) is 27.9. The van der Waals surface area contributed by atoms with Gasteiger partial charge in [-0.25, -0.2) is 0 Å². The fraction of sp³-hybridized carbons (Fsp3) is 0.560. The molecule has 0 unspecified atom stereocenters. The summed E-state index contributed by atoms with van der Waals surface area (Å²) in [5.41, 5.74) is 2.22. The highest BCUT2D eigenvalue weighted by molar-refractivity contribution is 8.26. The van der Waals surface area contributed by atoms with Crippen LogP contribution in [-0.4, -0.2) is 45.8 Å². The number of carboxylic acids is 1. The van der Waals surface area contributed by atoms with Gasteiger partial charge in [0.2, 0.25) is 0 Å². The molecular formula is C25H34N2O3S2. The minimum Gasteiger partial charge on any atom is -0.481 e. The topological polar surface area (TPSA) is 60.9 Å². The number of carbonyl (C=O) groups excluding carboxylic acids is 1. The van der Waals surface area contributed by atoms with E-state index in [0.717, 1.165) is 24.6 Å². The zero-order valence-corrected chi connectivity index (χ0v) is 20.6. The molecule has 2 aliphatic heterocycles. The van der Waals surface area contributed by atoms with Gasteiger partial charge in [-0.2, -0.15) is 0 Å². The number of piperidine rings is 1. The third kappa shape index (κ3) is 7.07. The van der Waals surface area contributed by atoms with Crippen molar-refractivity contribution in [3.05, 3.63) is 34.7 Å². The van der Waals surface area contributed by atoms with Crippen LogP contribution in [0.25, 0.3) is 6.08 Å². The molecular weight excluding hydrogens is 440 g/mol. The molecule has 0 bridgehead atoms. The van der Waals surface area contributed by atoms with Gasteiger partial charge in [-0.3, -0.25) is 14.5 Å². The van der Waals surface area contributed by atoms with Crippen LogP contribution in [-0.2, 0) is 9.59 Å². The number of thiocarbonyl (C=S) groups is 1. The van der Waals surface area contributed by atoms with Gasteiger partial charge in [-0.1, -0.05) is 75.1 Å². The van der Waals surface area contributed by atoms with Crippen molar-refractivity contribution in [2.24, 2.45) is 5.92 Å². The summed E-state index contributed by atoms with van der Waals surface area (Å²) in [6.45, 7) is 4.85. The molecule has 1 amide bonds. The Hall–Kier alpha value is -1.86. The Morgan fingerprint density at radius 2 is 1.88 bits per heavy atom. The summed E-state index contributed by atoms with van der Waals surface area (Å²) in [6, 6.07) is 8.40. The number of thioether (sulfide) groups is 1. The van der Waals surface area contributed by atoms with E-state index in [2.05, 4.69) is 36.1 Å². The van der Waals surface area contributed by atoms with E-state index in [9.17, 15) is 9.59 Å². The molecule has 32 heavy (non-hydrogen) atoms. The quantitative estimate of drug-likeness (QED) is 0.243. The summed E-state index contributed by atoms with van der Waals surface area (Å²) in [5, 5.41) is 8.79. The molecule has 2 fully saturated rings. The maximum Gasteiger partial charge on any atom is 0.303 e. The van der Waals surface area contributed by atoms with Crippen molar-refractivity contribution in [2.75, 3.05) is 24.5 Å². The number of amides is 1. The number of hydrogen-bond donors (Lipinski definition) is 1. The second-order valence-corrected chi connectivity index (χ2v) is 10.4. The van der Waals surface area contributed by atoms with Crippen LogP contribution in [0.5, 0.6) is 0 Å². The summed E-state index contributed by atoms with van der Waals surface area (Å²) < 4.78 is 0.501. The molecule has 3 rings (SSSR count). The first kappa shape index (κ1) is 24.8. The van der Waals surface area contributed by atoms with Crippen LogP contribution in [0.1, 0.15) is 70.3 Å². The van der Waals surface area contributed by atoms with Crippen molar-refractivity contribution in [1.29, 1.82) is 0 Å². The van der Waals surface area contributed by atoms with Gasteiger partial charge in [0.15, 0.2) is 0 Å². The molecule has 174 valence electrons. The second-order valence-electron chi connectivity index (χ2n) is 8.70. The van der Waals surface area contributed by atoms with Crippen LogP contribution >= 0.6 is 24.0 Å². The van der Waals surface area contributed by atoms with Crippen molar-refractivity contribution in [3.63, 3.8) is 0 Å². The number of aliphatic carboxylic acids is 1. The summed E-state index contributed by atoms with van der Waals surface area (Å²) in [6.07, 6.45) is 11.7. The van der Waals surface area contributed by atoms with Crippen molar-refractivity contribution >= 4 is 51.9 Å². The molecule has 1 aromatic rings. The lowest BCUT2D eigenvalue weighted by atomic mass is 9.91. The average Bonchev–Trinajstić information content (AvgIpc) is 3.05. The molecule has 0 spiro atoms. The predicted octanol–water partition coefficient (Wildman–Crippen LogP) is 5.94. The van der Waals surface area contributed by atoms with Gasteiger partial charge in [-0.05, 0) is 49.0 Å². The van der Waals surface area contributed by atoms with Gasteiger partial charge < -0.3 is 10.0 Å². The van der Waals surface area contributed by atoms with Gasteiger partial charge in [-0.15, -0.1) is 0 Å². The molecule has 0 aromatic heterocycles. The van der Waals surface area contributed by atoms with Crippen LogP contribution in [0.2, 0.25) is 0 Å². The highest BCUT2D eigenvalue weighted by Crippen LogP contribution is 2.33. The van der Waals surface area contributed by atoms with Crippen molar-refractivity contribution < 1.29 is 14.7 Å². The van der Waals surface area contributed by atoms with Gasteiger partial charge >= 0.3 is 5.97 Å². The maximum atomic E-state index is 12.6. The number of unbranched alkanes of at least 4 members (excludes halogenated alkanes) is 3. The molecule has 1 N–H and O–H groups in total. The van der Waals surface area contributed by atoms with Crippen LogP contribution < -0.4 is 4.90 Å². The largest absolute Gasteiger partial charge is 0.481 e. The van der Waals surface area contributed by atoms with E-state index in [-0.39, 0.29) is 12.3 Å². The number of hydrogen-bond acceptors (Lipinski definition) is 5. The second kappa shape index (κ2) is 12.4. The Bertz CT molecular complexity index is 830. The molecule has 2 heterocycles. The Balaban J connectivity index is 1.50. The van der Waals surface area contributed by atoms with Crippen molar-refractivity contribution in [3.8, 4) is 0 Å². The number of anilines is 1. The van der Waals surface area contributed by atoms with E-state index >= 15 is 0 Å². The van der Waals surface area contributed by atoms with Crippen molar-refractivity contribution in [2.45, 2.75) is 64.7 Å². The number of carbonyl (C=O) groups is 2. The third-order valence-corrected chi connectivity index (χ3v) is 7.66.